The predicted molar refractivity (Wildman–Crippen MR) is 82.9 cm³/mol. The van der Waals surface area contributed by atoms with E-state index in [0.717, 1.165) is 30.1 Å². The lowest BCUT2D eigenvalue weighted by molar-refractivity contribution is 0.197. The van der Waals surface area contributed by atoms with E-state index in [1.165, 1.54) is 10.5 Å². The summed E-state index contributed by atoms with van der Waals surface area (Å²) in [6.07, 6.45) is 2.52. The van der Waals surface area contributed by atoms with Crippen LogP contribution in [0.5, 0.6) is 11.5 Å². The van der Waals surface area contributed by atoms with Gasteiger partial charge in [0.1, 0.15) is 17.6 Å². The van der Waals surface area contributed by atoms with Crippen molar-refractivity contribution in [1.82, 2.24) is 0 Å². The second-order valence-electron chi connectivity index (χ2n) is 4.87. The summed E-state index contributed by atoms with van der Waals surface area (Å²) in [5, 5.41) is 0. The molecule has 0 saturated carbocycles. The summed E-state index contributed by atoms with van der Waals surface area (Å²) in [4.78, 5) is 1.26. The van der Waals surface area contributed by atoms with Crippen LogP contribution >= 0.6 is 11.8 Å². The molecule has 2 aromatic rings. The molecule has 3 rings (SSSR count). The van der Waals surface area contributed by atoms with Gasteiger partial charge in [0.15, 0.2) is 0 Å². The Morgan fingerprint density at radius 2 is 1.95 bits per heavy atom. The molecule has 20 heavy (non-hydrogen) atoms. The molecule has 3 heteroatoms. The third-order valence-corrected chi connectivity index (χ3v) is 4.64. The van der Waals surface area contributed by atoms with Crippen molar-refractivity contribution < 1.29 is 9.47 Å². The molecule has 2 nitrogen and oxygen atoms in total. The van der Waals surface area contributed by atoms with Gasteiger partial charge in [-0.1, -0.05) is 18.2 Å². The molecular formula is C17H18O2S. The molecule has 0 aromatic heterocycles. The lowest BCUT2D eigenvalue weighted by Gasteiger charge is -2.25. The van der Waals surface area contributed by atoms with Gasteiger partial charge >= 0.3 is 0 Å². The van der Waals surface area contributed by atoms with Crippen molar-refractivity contribution in [1.29, 1.82) is 0 Å². The molecule has 0 bridgehead atoms. The number of benzene rings is 2. The third-order valence-electron chi connectivity index (χ3n) is 3.50. The number of rotatable bonds is 4. The van der Waals surface area contributed by atoms with Gasteiger partial charge in [0.2, 0.25) is 0 Å². The van der Waals surface area contributed by atoms with Gasteiger partial charge in [-0.3, -0.25) is 0 Å². The van der Waals surface area contributed by atoms with E-state index in [9.17, 15) is 0 Å². The quantitative estimate of drug-likeness (QED) is 0.786. The Morgan fingerprint density at radius 3 is 2.75 bits per heavy atom. The van der Waals surface area contributed by atoms with Crippen LogP contribution in [0.3, 0.4) is 0 Å². The lowest BCUT2D eigenvalue weighted by Crippen LogP contribution is -2.24. The van der Waals surface area contributed by atoms with Gasteiger partial charge < -0.3 is 9.47 Å². The second kappa shape index (κ2) is 6.23. The maximum Gasteiger partial charge on any atom is 0.122 e. The Hall–Kier alpha value is -1.61. The highest BCUT2D eigenvalue weighted by atomic mass is 32.2. The molecule has 104 valence electrons. The molecule has 1 aliphatic rings. The van der Waals surface area contributed by atoms with Crippen LogP contribution in [0.1, 0.15) is 12.0 Å². The smallest absolute Gasteiger partial charge is 0.122 e. The standard InChI is InChI=1S/C17H18O2S/c1-18-14-8-10-16(11-9-14)20-12-15-7-6-13-4-2-3-5-17(13)19-15/h2-5,8-11,15H,6-7,12H2,1H3. The first kappa shape index (κ1) is 13.4. The molecule has 1 heterocycles. The molecule has 1 unspecified atom stereocenters. The first-order valence-corrected chi connectivity index (χ1v) is 7.85. The second-order valence-corrected chi connectivity index (χ2v) is 5.97. The number of fused-ring (bicyclic) bond motifs is 1. The van der Waals surface area contributed by atoms with E-state index in [-0.39, 0.29) is 0 Å². The van der Waals surface area contributed by atoms with Crippen molar-refractivity contribution in [2.24, 2.45) is 0 Å². The fourth-order valence-corrected chi connectivity index (χ4v) is 3.30. The topological polar surface area (TPSA) is 18.5 Å². The average Bonchev–Trinajstić information content (AvgIpc) is 2.53. The van der Waals surface area contributed by atoms with Gasteiger partial charge in [0, 0.05) is 10.6 Å². The number of thioether (sulfide) groups is 1. The molecule has 0 aliphatic carbocycles. The Kier molecular flexibility index (Phi) is 4.16. The van der Waals surface area contributed by atoms with E-state index in [1.54, 1.807) is 7.11 Å². The monoisotopic (exact) mass is 286 g/mol. The molecule has 0 amide bonds. The normalized spacial score (nSPS) is 17.1. The maximum absolute atomic E-state index is 6.05. The highest BCUT2D eigenvalue weighted by molar-refractivity contribution is 7.99. The first-order chi connectivity index (χ1) is 9.85. The van der Waals surface area contributed by atoms with Crippen LogP contribution in [-0.4, -0.2) is 19.0 Å². The van der Waals surface area contributed by atoms with Crippen LogP contribution in [0.2, 0.25) is 0 Å². The Labute approximate surface area is 124 Å². The fourth-order valence-electron chi connectivity index (χ4n) is 2.36. The largest absolute Gasteiger partial charge is 0.497 e. The van der Waals surface area contributed by atoms with Crippen LogP contribution < -0.4 is 9.47 Å². The highest BCUT2D eigenvalue weighted by Crippen LogP contribution is 2.30. The Morgan fingerprint density at radius 1 is 1.15 bits per heavy atom. The van der Waals surface area contributed by atoms with Crippen LogP contribution in [0.25, 0.3) is 0 Å². The molecule has 0 spiro atoms. The molecule has 0 N–H and O–H groups in total. The average molecular weight is 286 g/mol. The van der Waals surface area contributed by atoms with E-state index in [2.05, 4.69) is 30.3 Å². The van der Waals surface area contributed by atoms with Gasteiger partial charge in [0.25, 0.3) is 0 Å². The minimum Gasteiger partial charge on any atom is -0.497 e. The third kappa shape index (κ3) is 3.10. The van der Waals surface area contributed by atoms with Crippen LogP contribution in [0, 0.1) is 0 Å². The zero-order valence-electron chi connectivity index (χ0n) is 11.5. The molecular weight excluding hydrogens is 268 g/mol. The van der Waals surface area contributed by atoms with Crippen molar-refractivity contribution in [3.8, 4) is 11.5 Å². The molecule has 0 saturated heterocycles. The highest BCUT2D eigenvalue weighted by Gasteiger charge is 2.19. The van der Waals surface area contributed by atoms with E-state index in [4.69, 9.17) is 9.47 Å². The van der Waals surface area contributed by atoms with Gasteiger partial charge in [-0.25, -0.2) is 0 Å². The van der Waals surface area contributed by atoms with Crippen molar-refractivity contribution in [3.63, 3.8) is 0 Å². The number of methoxy groups -OCH3 is 1. The number of ether oxygens (including phenoxy) is 2. The van der Waals surface area contributed by atoms with Crippen LogP contribution in [0.15, 0.2) is 53.4 Å². The Balaban J connectivity index is 1.57. The number of aryl methyl sites for hydroxylation is 1. The van der Waals surface area contributed by atoms with Gasteiger partial charge in [-0.15, -0.1) is 11.8 Å². The van der Waals surface area contributed by atoms with Crippen molar-refractivity contribution in [3.05, 3.63) is 54.1 Å². The van der Waals surface area contributed by atoms with E-state index in [1.807, 2.05) is 30.0 Å². The maximum atomic E-state index is 6.05. The predicted octanol–water partition coefficient (Wildman–Crippen LogP) is 4.18. The summed E-state index contributed by atoms with van der Waals surface area (Å²) in [7, 11) is 1.69. The van der Waals surface area contributed by atoms with Gasteiger partial charge in [0.05, 0.1) is 7.11 Å². The number of hydrogen-bond acceptors (Lipinski definition) is 3. The van der Waals surface area contributed by atoms with Crippen molar-refractivity contribution in [2.45, 2.75) is 23.8 Å². The molecule has 1 aliphatic heterocycles. The van der Waals surface area contributed by atoms with E-state index >= 15 is 0 Å². The molecule has 0 radical (unpaired) electrons. The SMILES string of the molecule is COc1ccc(SCC2CCc3ccccc3O2)cc1. The Bertz CT molecular complexity index is 565. The fraction of sp³-hybridized carbons (Fsp3) is 0.294. The summed E-state index contributed by atoms with van der Waals surface area (Å²) >= 11 is 1.84. The zero-order chi connectivity index (χ0) is 13.8. The molecule has 1 atom stereocenters. The van der Waals surface area contributed by atoms with Crippen LogP contribution in [0.4, 0.5) is 0 Å². The molecule has 0 fully saturated rings. The number of hydrogen-bond donors (Lipinski definition) is 0. The summed E-state index contributed by atoms with van der Waals surface area (Å²) in [5.74, 6) is 2.94. The van der Waals surface area contributed by atoms with E-state index < -0.39 is 0 Å². The minimum absolute atomic E-state index is 0.303. The van der Waals surface area contributed by atoms with Gasteiger partial charge in [-0.2, -0.15) is 0 Å². The summed E-state index contributed by atoms with van der Waals surface area (Å²) in [6.45, 7) is 0. The minimum atomic E-state index is 0.303. The lowest BCUT2D eigenvalue weighted by atomic mass is 10.0. The molecule has 2 aromatic carbocycles. The van der Waals surface area contributed by atoms with Crippen LogP contribution in [-0.2, 0) is 6.42 Å². The summed E-state index contributed by atoms with van der Waals surface area (Å²) < 4.78 is 11.2. The number of para-hydroxylation sites is 1. The first-order valence-electron chi connectivity index (χ1n) is 6.86. The van der Waals surface area contributed by atoms with Crippen molar-refractivity contribution >= 4 is 11.8 Å². The van der Waals surface area contributed by atoms with Gasteiger partial charge in [-0.05, 0) is 48.7 Å². The summed E-state index contributed by atoms with van der Waals surface area (Å²) in [6, 6.07) is 16.5. The summed E-state index contributed by atoms with van der Waals surface area (Å²) in [5.41, 5.74) is 1.33. The zero-order valence-corrected chi connectivity index (χ0v) is 12.4. The van der Waals surface area contributed by atoms with E-state index in [0.29, 0.717) is 6.10 Å². The van der Waals surface area contributed by atoms with Crippen molar-refractivity contribution in [2.75, 3.05) is 12.9 Å².